The van der Waals surface area contributed by atoms with Gasteiger partial charge in [-0.25, -0.2) is 0 Å². The summed E-state index contributed by atoms with van der Waals surface area (Å²) < 4.78 is 5.57. The molecule has 0 aliphatic heterocycles. The van der Waals surface area contributed by atoms with E-state index in [-0.39, 0.29) is 17.2 Å². The van der Waals surface area contributed by atoms with Gasteiger partial charge in [-0.2, -0.15) is 0 Å². The lowest BCUT2D eigenvalue weighted by Crippen LogP contribution is -2.13. The van der Waals surface area contributed by atoms with Gasteiger partial charge in [0, 0.05) is 22.0 Å². The molecule has 0 unspecified atom stereocenters. The van der Waals surface area contributed by atoms with Gasteiger partial charge in [-0.3, -0.25) is 9.59 Å². The molecule has 0 radical (unpaired) electrons. The Labute approximate surface area is 143 Å². The monoisotopic (exact) mass is 332 g/mol. The van der Waals surface area contributed by atoms with E-state index in [1.165, 1.54) is 0 Å². The number of anilines is 1. The van der Waals surface area contributed by atoms with Crippen LogP contribution in [0.2, 0.25) is 0 Å². The number of aromatic nitrogens is 1. The lowest BCUT2D eigenvalue weighted by Gasteiger charge is -2.08. The van der Waals surface area contributed by atoms with Crippen molar-refractivity contribution in [2.24, 2.45) is 0 Å². The van der Waals surface area contributed by atoms with E-state index in [0.29, 0.717) is 22.4 Å². The molecular formula is C20H16N2O3. The topological polar surface area (TPSA) is 75.1 Å². The molecule has 0 bridgehead atoms. The number of aromatic amines is 1. The minimum absolute atomic E-state index is 0.120. The van der Waals surface area contributed by atoms with Crippen molar-refractivity contribution in [1.82, 2.24) is 4.98 Å². The van der Waals surface area contributed by atoms with Gasteiger partial charge in [0.2, 0.25) is 0 Å². The number of fused-ring (bicyclic) bond motifs is 2. The van der Waals surface area contributed by atoms with Crippen LogP contribution in [0.25, 0.3) is 21.9 Å². The Hall–Kier alpha value is -3.34. The van der Waals surface area contributed by atoms with Gasteiger partial charge in [0.05, 0.1) is 5.52 Å². The third-order valence-electron chi connectivity index (χ3n) is 4.48. The van der Waals surface area contributed by atoms with Crippen LogP contribution in [-0.4, -0.2) is 10.9 Å². The highest BCUT2D eigenvalue weighted by Crippen LogP contribution is 2.23. The summed E-state index contributed by atoms with van der Waals surface area (Å²) in [7, 11) is 0. The van der Waals surface area contributed by atoms with Crippen molar-refractivity contribution in [1.29, 1.82) is 0 Å². The average Bonchev–Trinajstić information content (AvgIpc) is 3.04. The van der Waals surface area contributed by atoms with E-state index in [2.05, 4.69) is 10.3 Å². The van der Waals surface area contributed by atoms with Crippen LogP contribution in [0.1, 0.15) is 21.7 Å². The number of benzene rings is 2. The first-order chi connectivity index (χ1) is 12.0. The summed E-state index contributed by atoms with van der Waals surface area (Å²) in [4.78, 5) is 27.2. The van der Waals surface area contributed by atoms with Crippen LogP contribution in [0.15, 0.2) is 57.7 Å². The quantitative estimate of drug-likeness (QED) is 0.579. The van der Waals surface area contributed by atoms with Crippen molar-refractivity contribution in [2.75, 3.05) is 5.32 Å². The standard InChI is InChI=1S/C20H16N2O3/c1-11-12(2)19(23)22-16-10-14(7-8-15(11)16)21-20(24)18-9-13-5-3-4-6-17(13)25-18/h3-10H,1-2H3,(H,21,24)(H,22,23). The van der Waals surface area contributed by atoms with Crippen LogP contribution >= 0.6 is 0 Å². The molecule has 4 aromatic rings. The summed E-state index contributed by atoms with van der Waals surface area (Å²) in [6.07, 6.45) is 0. The van der Waals surface area contributed by atoms with E-state index >= 15 is 0 Å². The SMILES string of the molecule is Cc1c(C)c2ccc(NC(=O)c3cc4ccccc4o3)cc2[nH]c1=O. The summed E-state index contributed by atoms with van der Waals surface area (Å²) in [5, 5.41) is 4.64. The second-order valence-corrected chi connectivity index (χ2v) is 6.07. The summed E-state index contributed by atoms with van der Waals surface area (Å²) in [6, 6.07) is 14.6. The van der Waals surface area contributed by atoms with E-state index < -0.39 is 0 Å². The Bertz CT molecular complexity index is 1150. The maximum Gasteiger partial charge on any atom is 0.291 e. The van der Waals surface area contributed by atoms with E-state index in [0.717, 1.165) is 16.3 Å². The summed E-state index contributed by atoms with van der Waals surface area (Å²) in [6.45, 7) is 3.71. The predicted molar refractivity (Wildman–Crippen MR) is 98.2 cm³/mol. The fraction of sp³-hybridized carbons (Fsp3) is 0.100. The first kappa shape index (κ1) is 15.2. The number of hydrogen-bond acceptors (Lipinski definition) is 3. The molecule has 0 aliphatic carbocycles. The molecule has 124 valence electrons. The first-order valence-electron chi connectivity index (χ1n) is 7.96. The maximum atomic E-state index is 12.4. The van der Waals surface area contributed by atoms with E-state index in [1.54, 1.807) is 19.1 Å². The Balaban J connectivity index is 1.69. The predicted octanol–water partition coefficient (Wildman–Crippen LogP) is 4.14. The van der Waals surface area contributed by atoms with Crippen LogP contribution in [0.4, 0.5) is 5.69 Å². The van der Waals surface area contributed by atoms with Gasteiger partial charge in [0.1, 0.15) is 5.58 Å². The molecule has 5 nitrogen and oxygen atoms in total. The zero-order valence-corrected chi connectivity index (χ0v) is 13.8. The Morgan fingerprint density at radius 2 is 1.84 bits per heavy atom. The van der Waals surface area contributed by atoms with Gasteiger partial charge in [0.15, 0.2) is 5.76 Å². The highest BCUT2D eigenvalue weighted by molar-refractivity contribution is 6.05. The van der Waals surface area contributed by atoms with Crippen LogP contribution in [0, 0.1) is 13.8 Å². The molecule has 0 spiro atoms. The number of para-hydroxylation sites is 1. The minimum Gasteiger partial charge on any atom is -0.451 e. The summed E-state index contributed by atoms with van der Waals surface area (Å²) in [5.41, 5.74) is 3.47. The fourth-order valence-corrected chi connectivity index (χ4v) is 2.93. The normalized spacial score (nSPS) is 11.1. The van der Waals surface area contributed by atoms with Crippen molar-refractivity contribution in [3.05, 3.63) is 75.8 Å². The molecule has 2 aromatic heterocycles. The Morgan fingerprint density at radius 3 is 2.64 bits per heavy atom. The third kappa shape index (κ3) is 2.59. The molecule has 2 aromatic carbocycles. The average molecular weight is 332 g/mol. The molecular weight excluding hydrogens is 316 g/mol. The van der Waals surface area contributed by atoms with Gasteiger partial charge < -0.3 is 14.7 Å². The van der Waals surface area contributed by atoms with Crippen molar-refractivity contribution >= 4 is 33.5 Å². The molecule has 5 heteroatoms. The molecule has 2 heterocycles. The van der Waals surface area contributed by atoms with Crippen molar-refractivity contribution < 1.29 is 9.21 Å². The summed E-state index contributed by atoms with van der Waals surface area (Å²) >= 11 is 0. The number of rotatable bonds is 2. The van der Waals surface area contributed by atoms with Gasteiger partial charge in [-0.05, 0) is 43.7 Å². The van der Waals surface area contributed by atoms with Gasteiger partial charge in [-0.1, -0.05) is 24.3 Å². The first-order valence-corrected chi connectivity index (χ1v) is 7.96. The van der Waals surface area contributed by atoms with Crippen molar-refractivity contribution in [3.63, 3.8) is 0 Å². The smallest absolute Gasteiger partial charge is 0.291 e. The Morgan fingerprint density at radius 1 is 1.04 bits per heavy atom. The molecule has 0 saturated carbocycles. The number of H-pyrrole nitrogens is 1. The number of hydrogen-bond donors (Lipinski definition) is 2. The third-order valence-corrected chi connectivity index (χ3v) is 4.48. The van der Waals surface area contributed by atoms with Gasteiger partial charge in [0.25, 0.3) is 11.5 Å². The molecule has 2 N–H and O–H groups in total. The van der Waals surface area contributed by atoms with Crippen LogP contribution in [0.5, 0.6) is 0 Å². The van der Waals surface area contributed by atoms with Crippen LogP contribution in [-0.2, 0) is 0 Å². The van der Waals surface area contributed by atoms with E-state index in [1.807, 2.05) is 43.3 Å². The number of carbonyl (C=O) groups is 1. The maximum absolute atomic E-state index is 12.4. The second-order valence-electron chi connectivity index (χ2n) is 6.07. The fourth-order valence-electron chi connectivity index (χ4n) is 2.93. The largest absolute Gasteiger partial charge is 0.451 e. The van der Waals surface area contributed by atoms with Gasteiger partial charge >= 0.3 is 0 Å². The number of furan rings is 1. The molecule has 0 fully saturated rings. The Kier molecular flexibility index (Phi) is 3.42. The van der Waals surface area contributed by atoms with Gasteiger partial charge in [-0.15, -0.1) is 0 Å². The molecule has 1 amide bonds. The number of aryl methyl sites for hydroxylation is 1. The molecule has 0 atom stereocenters. The van der Waals surface area contributed by atoms with Crippen LogP contribution in [0.3, 0.4) is 0 Å². The van der Waals surface area contributed by atoms with Crippen molar-refractivity contribution in [3.8, 4) is 0 Å². The lowest BCUT2D eigenvalue weighted by molar-refractivity contribution is 0.0998. The zero-order chi connectivity index (χ0) is 17.6. The molecule has 0 saturated heterocycles. The molecule has 25 heavy (non-hydrogen) atoms. The van der Waals surface area contributed by atoms with Crippen molar-refractivity contribution in [2.45, 2.75) is 13.8 Å². The second kappa shape index (κ2) is 5.63. The molecule has 0 aliphatic rings. The van der Waals surface area contributed by atoms with Crippen LogP contribution < -0.4 is 10.9 Å². The highest BCUT2D eigenvalue weighted by atomic mass is 16.3. The summed E-state index contributed by atoms with van der Waals surface area (Å²) in [5.74, 6) is -0.0865. The lowest BCUT2D eigenvalue weighted by atomic mass is 10.1. The van der Waals surface area contributed by atoms with E-state index in [9.17, 15) is 9.59 Å². The number of nitrogens with one attached hydrogen (secondary N) is 2. The molecule has 4 rings (SSSR count). The van der Waals surface area contributed by atoms with E-state index in [4.69, 9.17) is 4.42 Å². The number of pyridine rings is 1. The highest BCUT2D eigenvalue weighted by Gasteiger charge is 2.13. The number of amides is 1. The minimum atomic E-state index is -0.332. The number of carbonyl (C=O) groups excluding carboxylic acids is 1. The zero-order valence-electron chi connectivity index (χ0n) is 13.8.